The van der Waals surface area contributed by atoms with Crippen molar-refractivity contribution in [3.8, 4) is 12.1 Å². The molecule has 0 aromatic carbocycles. The fourth-order valence-electron chi connectivity index (χ4n) is 0.158. The minimum Gasteiger partial charge on any atom is -0.198 e. The first-order valence-corrected chi connectivity index (χ1v) is 1.90. The van der Waals surface area contributed by atoms with Crippen LogP contribution in [-0.2, 0) is 0 Å². The Kier molecular flexibility index (Phi) is 2.72. The van der Waals surface area contributed by atoms with Gasteiger partial charge in [0.05, 0.1) is 24.5 Å². The van der Waals surface area contributed by atoms with Crippen LogP contribution in [0.4, 0.5) is 0 Å². The van der Waals surface area contributed by atoms with Crippen LogP contribution in [-0.4, -0.2) is 0 Å². The van der Waals surface area contributed by atoms with Crippen LogP contribution in [0.5, 0.6) is 0 Å². The molecule has 0 rings (SSSR count). The number of nitriles is 2. The molecule has 0 aromatic rings. The standard InChI is InChI=1S/C5H5N2/c1-5(4-7)2-3-6/h2H2,1H3. The second-order valence-corrected chi connectivity index (χ2v) is 1.23. The molecule has 0 saturated carbocycles. The van der Waals surface area contributed by atoms with Crippen LogP contribution in [0.3, 0.4) is 0 Å². The molecule has 0 saturated heterocycles. The monoisotopic (exact) mass is 93.0 g/mol. The van der Waals surface area contributed by atoms with Gasteiger partial charge >= 0.3 is 0 Å². The van der Waals surface area contributed by atoms with E-state index in [0.717, 1.165) is 0 Å². The van der Waals surface area contributed by atoms with Gasteiger partial charge in [0.2, 0.25) is 0 Å². The topological polar surface area (TPSA) is 47.6 Å². The maximum Gasteiger partial charge on any atom is 0.0868 e. The van der Waals surface area contributed by atoms with Gasteiger partial charge in [-0.2, -0.15) is 10.5 Å². The number of nitrogens with zero attached hydrogens (tertiary/aromatic N) is 2. The second kappa shape index (κ2) is 3.18. The van der Waals surface area contributed by atoms with Gasteiger partial charge in [-0.3, -0.25) is 0 Å². The van der Waals surface area contributed by atoms with E-state index in [1.807, 2.05) is 12.1 Å². The highest BCUT2D eigenvalue weighted by molar-refractivity contribution is 5.11. The maximum absolute atomic E-state index is 8.03. The van der Waals surface area contributed by atoms with Gasteiger partial charge in [0.1, 0.15) is 0 Å². The van der Waals surface area contributed by atoms with E-state index in [-0.39, 0.29) is 6.42 Å². The number of hydrogen-bond acceptors (Lipinski definition) is 2. The van der Waals surface area contributed by atoms with Gasteiger partial charge in [-0.15, -0.1) is 0 Å². The molecule has 0 heterocycles. The van der Waals surface area contributed by atoms with Crippen LogP contribution in [0.15, 0.2) is 0 Å². The molecular formula is C5H5N2. The zero-order valence-corrected chi connectivity index (χ0v) is 4.10. The molecule has 2 heteroatoms. The van der Waals surface area contributed by atoms with E-state index < -0.39 is 0 Å². The molecule has 0 bridgehead atoms. The normalized spacial score (nSPS) is 7.43. The van der Waals surface area contributed by atoms with E-state index in [0.29, 0.717) is 5.92 Å². The lowest BCUT2D eigenvalue weighted by atomic mass is 10.1. The molecule has 1 radical (unpaired) electrons. The Hall–Kier alpha value is -1.02. The summed E-state index contributed by atoms with van der Waals surface area (Å²) in [6.07, 6.45) is 0.260. The summed E-state index contributed by atoms with van der Waals surface area (Å²) in [6.45, 7) is 1.64. The predicted octanol–water partition coefficient (Wildman–Crippen LogP) is 1.02. The van der Waals surface area contributed by atoms with Crippen molar-refractivity contribution in [1.82, 2.24) is 0 Å². The molecule has 2 nitrogen and oxygen atoms in total. The van der Waals surface area contributed by atoms with Gasteiger partial charge in [-0.25, -0.2) is 0 Å². The van der Waals surface area contributed by atoms with Crippen molar-refractivity contribution in [3.05, 3.63) is 5.92 Å². The summed E-state index contributed by atoms with van der Waals surface area (Å²) in [7, 11) is 0. The van der Waals surface area contributed by atoms with E-state index in [1.165, 1.54) is 0 Å². The van der Waals surface area contributed by atoms with E-state index in [4.69, 9.17) is 10.5 Å². The third kappa shape index (κ3) is 2.79. The minimum absolute atomic E-state index is 0.260. The van der Waals surface area contributed by atoms with E-state index in [9.17, 15) is 0 Å². The van der Waals surface area contributed by atoms with Crippen molar-refractivity contribution >= 4 is 0 Å². The van der Waals surface area contributed by atoms with Gasteiger partial charge < -0.3 is 0 Å². The predicted molar refractivity (Wildman–Crippen MR) is 24.8 cm³/mol. The lowest BCUT2D eigenvalue weighted by Gasteiger charge is -1.83. The van der Waals surface area contributed by atoms with Crippen molar-refractivity contribution in [3.63, 3.8) is 0 Å². The molecule has 0 aliphatic carbocycles. The molecule has 35 valence electrons. The third-order valence-electron chi connectivity index (χ3n) is 0.535. The molecule has 0 atom stereocenters. The first-order chi connectivity index (χ1) is 3.31. The van der Waals surface area contributed by atoms with Gasteiger partial charge in [-0.1, -0.05) is 0 Å². The Bertz CT molecular complexity index is 115. The highest BCUT2D eigenvalue weighted by Crippen LogP contribution is 1.97. The molecule has 0 aromatic heterocycles. The largest absolute Gasteiger partial charge is 0.198 e. The van der Waals surface area contributed by atoms with Gasteiger partial charge in [0.25, 0.3) is 0 Å². The highest BCUT2D eigenvalue weighted by atomic mass is 14.3. The van der Waals surface area contributed by atoms with Gasteiger partial charge in [0.15, 0.2) is 0 Å². The van der Waals surface area contributed by atoms with Crippen LogP contribution in [0, 0.1) is 28.6 Å². The summed E-state index contributed by atoms with van der Waals surface area (Å²) < 4.78 is 0. The van der Waals surface area contributed by atoms with Crippen molar-refractivity contribution in [1.29, 1.82) is 10.5 Å². The van der Waals surface area contributed by atoms with Crippen LogP contribution in [0.2, 0.25) is 0 Å². The average Bonchev–Trinajstić information content (AvgIpc) is 1.68. The van der Waals surface area contributed by atoms with E-state index in [2.05, 4.69) is 0 Å². The Morgan fingerprint density at radius 3 is 2.29 bits per heavy atom. The maximum atomic E-state index is 8.03. The van der Waals surface area contributed by atoms with E-state index in [1.54, 1.807) is 6.92 Å². The summed E-state index contributed by atoms with van der Waals surface area (Å²) in [5.74, 6) is 0.572. The van der Waals surface area contributed by atoms with Crippen LogP contribution < -0.4 is 0 Å². The Morgan fingerprint density at radius 1 is 1.57 bits per heavy atom. The Balaban J connectivity index is 3.27. The third-order valence-corrected chi connectivity index (χ3v) is 0.535. The van der Waals surface area contributed by atoms with Crippen LogP contribution >= 0.6 is 0 Å². The van der Waals surface area contributed by atoms with E-state index >= 15 is 0 Å². The summed E-state index contributed by atoms with van der Waals surface area (Å²) in [5, 5.41) is 16.0. The molecular weight excluding hydrogens is 88.1 g/mol. The number of hydrogen-bond donors (Lipinski definition) is 0. The summed E-state index contributed by atoms with van der Waals surface area (Å²) in [6, 6.07) is 3.72. The zero-order chi connectivity index (χ0) is 5.70. The zero-order valence-electron chi connectivity index (χ0n) is 4.10. The van der Waals surface area contributed by atoms with Crippen LogP contribution in [0.1, 0.15) is 13.3 Å². The van der Waals surface area contributed by atoms with Crippen molar-refractivity contribution < 1.29 is 0 Å². The minimum atomic E-state index is 0.260. The molecule has 0 spiro atoms. The molecule has 0 unspecified atom stereocenters. The SMILES string of the molecule is C[C](C#N)CC#N. The molecule has 0 N–H and O–H groups in total. The van der Waals surface area contributed by atoms with Gasteiger partial charge in [0, 0.05) is 0 Å². The summed E-state index contributed by atoms with van der Waals surface area (Å²) in [4.78, 5) is 0. The Labute approximate surface area is 43.0 Å². The number of rotatable bonds is 1. The fraction of sp³-hybridized carbons (Fsp3) is 0.400. The molecule has 0 fully saturated rings. The quantitative estimate of drug-likeness (QED) is 0.485. The Morgan fingerprint density at radius 2 is 2.14 bits per heavy atom. The van der Waals surface area contributed by atoms with Crippen LogP contribution in [0.25, 0.3) is 0 Å². The second-order valence-electron chi connectivity index (χ2n) is 1.23. The first kappa shape index (κ1) is 5.98. The molecule has 0 amide bonds. The smallest absolute Gasteiger partial charge is 0.0868 e. The van der Waals surface area contributed by atoms with Gasteiger partial charge in [-0.05, 0) is 6.92 Å². The molecule has 0 aliphatic rings. The van der Waals surface area contributed by atoms with Crippen molar-refractivity contribution in [2.75, 3.05) is 0 Å². The first-order valence-electron chi connectivity index (χ1n) is 1.90. The molecule has 7 heavy (non-hydrogen) atoms. The van der Waals surface area contributed by atoms with Crippen molar-refractivity contribution in [2.24, 2.45) is 0 Å². The highest BCUT2D eigenvalue weighted by Gasteiger charge is 1.94. The lowest BCUT2D eigenvalue weighted by molar-refractivity contribution is 1.08. The summed E-state index contributed by atoms with van der Waals surface area (Å²) >= 11 is 0. The lowest BCUT2D eigenvalue weighted by Crippen LogP contribution is -1.80. The summed E-state index contributed by atoms with van der Waals surface area (Å²) in [5.41, 5.74) is 0. The molecule has 0 aliphatic heterocycles. The van der Waals surface area contributed by atoms with Crippen molar-refractivity contribution in [2.45, 2.75) is 13.3 Å². The fourth-order valence-corrected chi connectivity index (χ4v) is 0.158. The average molecular weight is 93.1 g/mol.